The molecule has 2 saturated heterocycles. The lowest BCUT2D eigenvalue weighted by Gasteiger charge is -2.42. The van der Waals surface area contributed by atoms with Crippen molar-refractivity contribution in [1.29, 1.82) is 5.41 Å². The number of nitrogens with zero attached hydrogens (tertiary/aromatic N) is 4. The van der Waals surface area contributed by atoms with E-state index in [4.69, 9.17) is 10.4 Å². The van der Waals surface area contributed by atoms with Gasteiger partial charge in [0, 0.05) is 74.6 Å². The first-order valence-electron chi connectivity index (χ1n) is 13.8. The molecular weight excluding hydrogens is 492 g/mol. The fraction of sp³-hybridized carbons (Fsp3) is 0.433. The van der Waals surface area contributed by atoms with Crippen LogP contribution in [0.4, 0.5) is 5.69 Å². The molecule has 39 heavy (non-hydrogen) atoms. The molecule has 6 rings (SSSR count). The number of aliphatic imine (C=N–C) groups is 1. The van der Waals surface area contributed by atoms with Gasteiger partial charge < -0.3 is 20.5 Å². The Morgan fingerprint density at radius 3 is 2.36 bits per heavy atom. The van der Waals surface area contributed by atoms with Gasteiger partial charge in [0.1, 0.15) is 11.4 Å². The van der Waals surface area contributed by atoms with Crippen LogP contribution in [-0.2, 0) is 14.4 Å². The summed E-state index contributed by atoms with van der Waals surface area (Å²) in [7, 11) is 1.84. The third-order valence-corrected chi connectivity index (χ3v) is 8.58. The molecule has 1 saturated carbocycles. The molecule has 0 aromatic heterocycles. The van der Waals surface area contributed by atoms with Gasteiger partial charge in [0.25, 0.3) is 5.91 Å². The number of carbonyl (C=O) groups is 3. The maximum absolute atomic E-state index is 13.9. The molecule has 0 radical (unpaired) electrons. The molecule has 1 spiro atoms. The number of hydrogen-bond acceptors (Lipinski definition) is 6. The minimum absolute atomic E-state index is 0.0115. The summed E-state index contributed by atoms with van der Waals surface area (Å²) in [6.07, 6.45) is 5.23. The van der Waals surface area contributed by atoms with E-state index in [9.17, 15) is 14.4 Å². The van der Waals surface area contributed by atoms with Crippen molar-refractivity contribution in [2.45, 2.75) is 31.2 Å². The molecule has 9 heteroatoms. The quantitative estimate of drug-likeness (QED) is 0.407. The number of piperidine rings is 1. The molecule has 3 aliphatic heterocycles. The summed E-state index contributed by atoms with van der Waals surface area (Å²) < 4.78 is 0. The van der Waals surface area contributed by atoms with Crippen LogP contribution in [0.2, 0.25) is 0 Å². The topological polar surface area (TPSA) is 109 Å². The van der Waals surface area contributed by atoms with Crippen LogP contribution in [0.15, 0.2) is 47.5 Å². The average molecular weight is 527 g/mol. The molecule has 2 aromatic carbocycles. The van der Waals surface area contributed by atoms with E-state index < -0.39 is 5.54 Å². The first-order valence-corrected chi connectivity index (χ1v) is 13.8. The number of nitrogens with one attached hydrogen (secondary N) is 2. The van der Waals surface area contributed by atoms with E-state index in [1.807, 2.05) is 59.3 Å². The number of carbonyl (C=O) groups excluding carboxylic acids is 3. The fourth-order valence-electron chi connectivity index (χ4n) is 5.99. The number of rotatable bonds is 8. The van der Waals surface area contributed by atoms with Crippen molar-refractivity contribution in [1.82, 2.24) is 14.7 Å². The molecular formula is C30H34N6O3. The van der Waals surface area contributed by atoms with E-state index in [1.54, 1.807) is 4.90 Å². The van der Waals surface area contributed by atoms with Gasteiger partial charge in [-0.15, -0.1) is 0 Å². The van der Waals surface area contributed by atoms with E-state index in [-0.39, 0.29) is 23.7 Å². The minimum atomic E-state index is -0.831. The van der Waals surface area contributed by atoms with E-state index in [0.29, 0.717) is 51.4 Å². The number of benzene rings is 2. The predicted octanol–water partition coefficient (Wildman–Crippen LogP) is 2.84. The van der Waals surface area contributed by atoms with E-state index in [0.717, 1.165) is 47.2 Å². The first kappa shape index (κ1) is 25.3. The Kier molecular flexibility index (Phi) is 6.45. The lowest BCUT2D eigenvalue weighted by atomic mass is 9.87. The van der Waals surface area contributed by atoms with Crippen LogP contribution in [0, 0.1) is 17.2 Å². The molecule has 3 amide bonds. The number of anilines is 1. The van der Waals surface area contributed by atoms with E-state index >= 15 is 0 Å². The van der Waals surface area contributed by atoms with Gasteiger partial charge in [0.15, 0.2) is 0 Å². The molecule has 2 N–H and O–H groups in total. The second-order valence-electron chi connectivity index (χ2n) is 11.2. The second-order valence-corrected chi connectivity index (χ2v) is 11.2. The average Bonchev–Trinajstić information content (AvgIpc) is 3.77. The zero-order chi connectivity index (χ0) is 27.1. The zero-order valence-corrected chi connectivity index (χ0v) is 22.2. The molecule has 0 atom stereocenters. The molecule has 0 unspecified atom stereocenters. The van der Waals surface area contributed by atoms with Gasteiger partial charge in [0.2, 0.25) is 12.3 Å². The fourth-order valence-corrected chi connectivity index (χ4v) is 5.99. The van der Waals surface area contributed by atoms with Crippen molar-refractivity contribution < 1.29 is 14.4 Å². The SMILES string of the molecule is CNc1ccc(-c2ccc(C3=NC4(CCN(C=O)CC4)C(=O)N3CC3CN(C(=O)C4CC4)C3)cc2)cc1C=N. The van der Waals surface area contributed by atoms with Crippen molar-refractivity contribution in [2.24, 2.45) is 16.8 Å². The minimum Gasteiger partial charge on any atom is -0.388 e. The smallest absolute Gasteiger partial charge is 0.256 e. The Hall–Kier alpha value is -4.01. The van der Waals surface area contributed by atoms with Crippen LogP contribution in [0.5, 0.6) is 0 Å². The highest BCUT2D eigenvalue weighted by Gasteiger charge is 2.51. The van der Waals surface area contributed by atoms with E-state index in [2.05, 4.69) is 5.32 Å². The molecule has 202 valence electrons. The molecule has 3 fully saturated rings. The van der Waals surface area contributed by atoms with Crippen molar-refractivity contribution in [3.05, 3.63) is 53.6 Å². The van der Waals surface area contributed by atoms with Gasteiger partial charge in [-0.3, -0.25) is 24.3 Å². The maximum atomic E-state index is 13.9. The van der Waals surface area contributed by atoms with Crippen LogP contribution in [0.1, 0.15) is 36.8 Å². The van der Waals surface area contributed by atoms with Crippen LogP contribution in [-0.4, -0.2) is 90.3 Å². The van der Waals surface area contributed by atoms with Crippen LogP contribution < -0.4 is 5.32 Å². The Balaban J connectivity index is 1.25. The molecule has 0 bridgehead atoms. The van der Waals surface area contributed by atoms with Crippen molar-refractivity contribution in [2.75, 3.05) is 45.1 Å². The summed E-state index contributed by atoms with van der Waals surface area (Å²) >= 11 is 0. The standard InChI is InChI=1S/C30H34N6O3/c1-32-26-9-8-24(14-25(26)15-31)21-2-4-22(5-3-21)27-33-30(10-12-34(19-37)13-11-30)29(39)36(27)18-20-16-35(17-20)28(38)23-6-7-23/h2-5,8-9,14-15,19-20,23,31-32H,6-7,10-13,16-18H2,1H3. The molecule has 1 aliphatic carbocycles. The Morgan fingerprint density at radius 2 is 1.74 bits per heavy atom. The number of hydrogen-bond donors (Lipinski definition) is 2. The highest BCUT2D eigenvalue weighted by molar-refractivity contribution is 6.15. The number of amides is 3. The monoisotopic (exact) mass is 526 g/mol. The van der Waals surface area contributed by atoms with Crippen molar-refractivity contribution in [3.8, 4) is 11.1 Å². The van der Waals surface area contributed by atoms with Gasteiger partial charge >= 0.3 is 0 Å². The van der Waals surface area contributed by atoms with E-state index in [1.165, 1.54) is 6.21 Å². The molecule has 9 nitrogen and oxygen atoms in total. The molecule has 3 heterocycles. The van der Waals surface area contributed by atoms with Crippen LogP contribution in [0.25, 0.3) is 11.1 Å². The summed E-state index contributed by atoms with van der Waals surface area (Å²) in [6, 6.07) is 14.1. The first-order chi connectivity index (χ1) is 18.9. The van der Waals surface area contributed by atoms with Gasteiger partial charge in [0.05, 0.1) is 0 Å². The normalized spacial score (nSPS) is 20.6. The highest BCUT2D eigenvalue weighted by Crippen LogP contribution is 2.38. The second kappa shape index (κ2) is 9.94. The summed E-state index contributed by atoms with van der Waals surface area (Å²) in [4.78, 5) is 48.1. The Labute approximate surface area is 228 Å². The third-order valence-electron chi connectivity index (χ3n) is 8.58. The number of likely N-dealkylation sites (tertiary alicyclic amines) is 2. The largest absolute Gasteiger partial charge is 0.388 e. The predicted molar refractivity (Wildman–Crippen MR) is 150 cm³/mol. The summed E-state index contributed by atoms with van der Waals surface area (Å²) in [5, 5.41) is 10.8. The summed E-state index contributed by atoms with van der Waals surface area (Å²) in [5.74, 6) is 1.40. The van der Waals surface area contributed by atoms with Gasteiger partial charge in [-0.25, -0.2) is 0 Å². The molecule has 4 aliphatic rings. The zero-order valence-electron chi connectivity index (χ0n) is 22.2. The van der Waals surface area contributed by atoms with Gasteiger partial charge in [-0.1, -0.05) is 30.3 Å². The third kappa shape index (κ3) is 4.60. The van der Waals surface area contributed by atoms with Crippen molar-refractivity contribution >= 4 is 36.0 Å². The lowest BCUT2D eigenvalue weighted by molar-refractivity contribution is -0.140. The van der Waals surface area contributed by atoms with Crippen LogP contribution in [0.3, 0.4) is 0 Å². The maximum Gasteiger partial charge on any atom is 0.256 e. The summed E-state index contributed by atoms with van der Waals surface area (Å²) in [6.45, 7) is 2.96. The lowest BCUT2D eigenvalue weighted by Crippen LogP contribution is -2.56. The Bertz CT molecular complexity index is 1330. The van der Waals surface area contributed by atoms with Crippen LogP contribution >= 0.6 is 0 Å². The summed E-state index contributed by atoms with van der Waals surface area (Å²) in [5.41, 5.74) is 3.79. The van der Waals surface area contributed by atoms with Crippen molar-refractivity contribution in [3.63, 3.8) is 0 Å². The van der Waals surface area contributed by atoms with Gasteiger partial charge in [-0.2, -0.15) is 0 Å². The highest BCUT2D eigenvalue weighted by atomic mass is 16.2. The van der Waals surface area contributed by atoms with Gasteiger partial charge in [-0.05, 0) is 48.9 Å². The Morgan fingerprint density at radius 1 is 1.08 bits per heavy atom. The number of amidine groups is 1. The molecule has 2 aromatic rings.